The highest BCUT2D eigenvalue weighted by Gasteiger charge is 2.23. The zero-order chi connectivity index (χ0) is 15.8. The number of hydrogen-bond acceptors (Lipinski definition) is 6. The summed E-state index contributed by atoms with van der Waals surface area (Å²) in [6, 6.07) is 0. The van der Waals surface area contributed by atoms with Crippen LogP contribution in [-0.2, 0) is 6.54 Å². The summed E-state index contributed by atoms with van der Waals surface area (Å²) in [6.45, 7) is 11.6. The highest BCUT2D eigenvalue weighted by molar-refractivity contribution is 7.18. The highest BCUT2D eigenvalue weighted by Crippen LogP contribution is 2.33. The van der Waals surface area contributed by atoms with Gasteiger partial charge in [-0.2, -0.15) is 0 Å². The van der Waals surface area contributed by atoms with Crippen molar-refractivity contribution < 1.29 is 0 Å². The van der Waals surface area contributed by atoms with Crippen LogP contribution in [0.5, 0.6) is 0 Å². The standard InChI is InChI=1S/C15H25N5S/c1-7-15(4,5)20(6)8-11-17-13(19-16)12-9(2)10(3)21-14(12)18-11/h7-8,16H2,1-6H3,(H,17,18,19). The third kappa shape index (κ3) is 3.02. The number of thiophene rings is 1. The third-order valence-corrected chi connectivity index (χ3v) is 5.59. The Labute approximate surface area is 130 Å². The average Bonchev–Trinajstić information content (AvgIpc) is 2.73. The van der Waals surface area contributed by atoms with E-state index in [1.165, 1.54) is 10.4 Å². The van der Waals surface area contributed by atoms with Crippen molar-refractivity contribution in [1.29, 1.82) is 0 Å². The molecule has 0 saturated heterocycles. The fraction of sp³-hybridized carbons (Fsp3) is 0.600. The summed E-state index contributed by atoms with van der Waals surface area (Å²) in [4.78, 5) is 13.9. The van der Waals surface area contributed by atoms with Gasteiger partial charge in [0.1, 0.15) is 10.7 Å². The van der Waals surface area contributed by atoms with Gasteiger partial charge in [-0.15, -0.1) is 11.3 Å². The van der Waals surface area contributed by atoms with Gasteiger partial charge in [-0.25, -0.2) is 15.8 Å². The number of hydrogen-bond donors (Lipinski definition) is 2. The number of nitrogens with one attached hydrogen (secondary N) is 1. The van der Waals surface area contributed by atoms with E-state index in [9.17, 15) is 0 Å². The summed E-state index contributed by atoms with van der Waals surface area (Å²) in [5.41, 5.74) is 4.05. The number of anilines is 1. The van der Waals surface area contributed by atoms with Crippen molar-refractivity contribution in [1.82, 2.24) is 14.9 Å². The highest BCUT2D eigenvalue weighted by atomic mass is 32.1. The van der Waals surface area contributed by atoms with Crippen molar-refractivity contribution in [2.75, 3.05) is 12.5 Å². The van der Waals surface area contributed by atoms with Crippen molar-refractivity contribution in [3.05, 3.63) is 16.3 Å². The van der Waals surface area contributed by atoms with E-state index in [0.29, 0.717) is 6.54 Å². The van der Waals surface area contributed by atoms with Crippen LogP contribution >= 0.6 is 11.3 Å². The lowest BCUT2D eigenvalue weighted by Crippen LogP contribution is -2.40. The Kier molecular flexibility index (Phi) is 4.51. The molecule has 0 radical (unpaired) electrons. The number of nitrogen functional groups attached to an aromatic ring is 1. The summed E-state index contributed by atoms with van der Waals surface area (Å²) in [5.74, 6) is 7.18. The molecule has 0 atom stereocenters. The number of aryl methyl sites for hydroxylation is 2. The van der Waals surface area contributed by atoms with Crippen LogP contribution in [0.2, 0.25) is 0 Å². The Bertz CT molecular complexity index is 647. The molecule has 5 nitrogen and oxygen atoms in total. The number of fused-ring (bicyclic) bond motifs is 1. The first-order valence-corrected chi connectivity index (χ1v) is 8.06. The molecule has 0 spiro atoms. The summed E-state index contributed by atoms with van der Waals surface area (Å²) < 4.78 is 0. The zero-order valence-electron chi connectivity index (χ0n) is 13.7. The van der Waals surface area contributed by atoms with Gasteiger partial charge in [0.05, 0.1) is 11.9 Å². The van der Waals surface area contributed by atoms with E-state index in [4.69, 9.17) is 10.8 Å². The molecule has 0 aliphatic rings. The second-order valence-electron chi connectivity index (χ2n) is 6.12. The van der Waals surface area contributed by atoms with E-state index in [2.05, 4.69) is 57.0 Å². The number of hydrazine groups is 1. The van der Waals surface area contributed by atoms with Crippen molar-refractivity contribution in [3.63, 3.8) is 0 Å². The second-order valence-corrected chi connectivity index (χ2v) is 7.32. The van der Waals surface area contributed by atoms with E-state index in [0.717, 1.165) is 28.3 Å². The molecule has 21 heavy (non-hydrogen) atoms. The molecular formula is C15H25N5S. The Hall–Kier alpha value is -1.24. The first kappa shape index (κ1) is 16.1. The lowest BCUT2D eigenvalue weighted by Gasteiger charge is -2.34. The minimum Gasteiger partial charge on any atom is -0.308 e. The van der Waals surface area contributed by atoms with Gasteiger partial charge in [0.25, 0.3) is 0 Å². The molecule has 0 aliphatic heterocycles. The molecule has 3 N–H and O–H groups in total. The van der Waals surface area contributed by atoms with Gasteiger partial charge in [-0.1, -0.05) is 6.92 Å². The Morgan fingerprint density at radius 3 is 2.52 bits per heavy atom. The quantitative estimate of drug-likeness (QED) is 0.656. The van der Waals surface area contributed by atoms with Crippen LogP contribution in [0.3, 0.4) is 0 Å². The van der Waals surface area contributed by atoms with Crippen LogP contribution in [0.1, 0.15) is 43.5 Å². The molecule has 2 aromatic rings. The fourth-order valence-corrected chi connectivity index (χ4v) is 3.21. The molecule has 0 unspecified atom stereocenters. The number of nitrogens with zero attached hydrogens (tertiary/aromatic N) is 3. The van der Waals surface area contributed by atoms with Crippen LogP contribution in [0.4, 0.5) is 5.82 Å². The van der Waals surface area contributed by atoms with Crippen molar-refractivity contribution in [2.24, 2.45) is 5.84 Å². The van der Waals surface area contributed by atoms with Gasteiger partial charge in [0, 0.05) is 10.4 Å². The maximum atomic E-state index is 5.66. The predicted octanol–water partition coefficient (Wildman–Crippen LogP) is 3.21. The topological polar surface area (TPSA) is 67.1 Å². The van der Waals surface area contributed by atoms with E-state index in [1.807, 2.05) is 0 Å². The van der Waals surface area contributed by atoms with E-state index in [-0.39, 0.29) is 5.54 Å². The van der Waals surface area contributed by atoms with E-state index in [1.54, 1.807) is 11.3 Å². The van der Waals surface area contributed by atoms with Gasteiger partial charge in [0.2, 0.25) is 0 Å². The van der Waals surface area contributed by atoms with Crippen molar-refractivity contribution in [3.8, 4) is 0 Å². The molecule has 2 rings (SSSR count). The van der Waals surface area contributed by atoms with E-state index < -0.39 is 0 Å². The van der Waals surface area contributed by atoms with Gasteiger partial charge in [-0.3, -0.25) is 4.90 Å². The molecule has 2 heterocycles. The van der Waals surface area contributed by atoms with Gasteiger partial charge in [-0.05, 0) is 46.7 Å². The van der Waals surface area contributed by atoms with Gasteiger partial charge < -0.3 is 5.43 Å². The molecule has 2 aromatic heterocycles. The Morgan fingerprint density at radius 1 is 1.29 bits per heavy atom. The lowest BCUT2D eigenvalue weighted by atomic mass is 10.0. The SMILES string of the molecule is CCC(C)(C)N(C)Cc1nc(NN)c2c(C)c(C)sc2n1. The fourth-order valence-electron chi connectivity index (χ4n) is 2.17. The largest absolute Gasteiger partial charge is 0.308 e. The molecule has 6 heteroatoms. The summed E-state index contributed by atoms with van der Waals surface area (Å²) in [5, 5.41) is 1.04. The summed E-state index contributed by atoms with van der Waals surface area (Å²) >= 11 is 1.70. The van der Waals surface area contributed by atoms with Crippen LogP contribution in [0.25, 0.3) is 10.2 Å². The molecule has 116 valence electrons. The molecule has 0 aromatic carbocycles. The van der Waals surface area contributed by atoms with Crippen LogP contribution < -0.4 is 11.3 Å². The van der Waals surface area contributed by atoms with Crippen LogP contribution in [0.15, 0.2) is 0 Å². The number of nitrogens with two attached hydrogens (primary N) is 1. The Balaban J connectivity index is 2.42. The first-order chi connectivity index (χ1) is 9.80. The van der Waals surface area contributed by atoms with Crippen molar-refractivity contribution in [2.45, 2.75) is 53.1 Å². The monoisotopic (exact) mass is 307 g/mol. The smallest absolute Gasteiger partial charge is 0.152 e. The van der Waals surface area contributed by atoms with Gasteiger partial charge >= 0.3 is 0 Å². The number of aromatic nitrogens is 2. The van der Waals surface area contributed by atoms with Crippen LogP contribution in [-0.4, -0.2) is 27.5 Å². The third-order valence-electron chi connectivity index (χ3n) is 4.49. The molecule has 0 aliphatic carbocycles. The normalized spacial score (nSPS) is 12.4. The maximum absolute atomic E-state index is 5.66. The molecular weight excluding hydrogens is 282 g/mol. The number of rotatable bonds is 5. The predicted molar refractivity (Wildman–Crippen MR) is 90.5 cm³/mol. The zero-order valence-corrected chi connectivity index (χ0v) is 14.6. The molecule has 0 fully saturated rings. The minimum atomic E-state index is 0.121. The van der Waals surface area contributed by atoms with Crippen LogP contribution in [0, 0.1) is 13.8 Å². The van der Waals surface area contributed by atoms with Crippen molar-refractivity contribution >= 4 is 27.4 Å². The molecule has 0 bridgehead atoms. The first-order valence-electron chi connectivity index (χ1n) is 7.24. The minimum absolute atomic E-state index is 0.121. The summed E-state index contributed by atoms with van der Waals surface area (Å²) in [7, 11) is 2.11. The summed E-state index contributed by atoms with van der Waals surface area (Å²) in [6.07, 6.45) is 1.07. The van der Waals surface area contributed by atoms with Gasteiger partial charge in [0.15, 0.2) is 5.82 Å². The lowest BCUT2D eigenvalue weighted by molar-refractivity contribution is 0.139. The average molecular weight is 307 g/mol. The maximum Gasteiger partial charge on any atom is 0.152 e. The molecule has 0 amide bonds. The second kappa shape index (κ2) is 5.87. The molecule has 0 saturated carbocycles. The van der Waals surface area contributed by atoms with E-state index >= 15 is 0 Å². The Morgan fingerprint density at radius 2 is 1.95 bits per heavy atom.